The van der Waals surface area contributed by atoms with E-state index in [9.17, 15) is 5.11 Å². The molecule has 3 nitrogen and oxygen atoms in total. The lowest BCUT2D eigenvalue weighted by molar-refractivity contribution is 0.208. The molecule has 1 aliphatic carbocycles. The summed E-state index contributed by atoms with van der Waals surface area (Å²) in [6, 6.07) is 7.03. The van der Waals surface area contributed by atoms with Crippen LogP contribution in [0.2, 0.25) is 0 Å². The van der Waals surface area contributed by atoms with Crippen LogP contribution < -0.4 is 0 Å². The molecule has 0 spiro atoms. The van der Waals surface area contributed by atoms with E-state index >= 15 is 0 Å². The zero-order valence-electron chi connectivity index (χ0n) is 11.1. The van der Waals surface area contributed by atoms with Gasteiger partial charge >= 0.3 is 0 Å². The van der Waals surface area contributed by atoms with E-state index in [0.29, 0.717) is 12.0 Å². The Labute approximate surface area is 112 Å². The highest BCUT2D eigenvalue weighted by atomic mass is 16.3. The van der Waals surface area contributed by atoms with Crippen LogP contribution in [0.25, 0.3) is 10.9 Å². The van der Waals surface area contributed by atoms with Crippen LogP contribution in [-0.4, -0.2) is 41.2 Å². The largest absolute Gasteiger partial charge is 0.392 e. The Morgan fingerprint density at radius 3 is 3.16 bits per heavy atom. The first-order valence-corrected chi connectivity index (χ1v) is 6.87. The van der Waals surface area contributed by atoms with E-state index < -0.39 is 0 Å². The van der Waals surface area contributed by atoms with E-state index in [2.05, 4.69) is 47.4 Å². The second kappa shape index (κ2) is 3.95. The molecule has 19 heavy (non-hydrogen) atoms. The van der Waals surface area contributed by atoms with Crippen molar-refractivity contribution in [2.75, 3.05) is 20.2 Å². The number of nitrogens with zero attached hydrogens (tertiary/aromatic N) is 1. The second-order valence-electron chi connectivity index (χ2n) is 5.78. The first kappa shape index (κ1) is 11.3. The van der Waals surface area contributed by atoms with Crippen molar-refractivity contribution < 1.29 is 5.11 Å². The van der Waals surface area contributed by atoms with Gasteiger partial charge in [-0.2, -0.15) is 0 Å². The molecule has 0 fully saturated rings. The van der Waals surface area contributed by atoms with Gasteiger partial charge in [-0.25, -0.2) is 0 Å². The van der Waals surface area contributed by atoms with Gasteiger partial charge in [0.1, 0.15) is 0 Å². The van der Waals surface area contributed by atoms with Crippen molar-refractivity contribution in [3.63, 3.8) is 0 Å². The molecule has 2 aromatic rings. The molecule has 98 valence electrons. The Bertz CT molecular complexity index is 670. The van der Waals surface area contributed by atoms with E-state index in [1.165, 1.54) is 22.0 Å². The third-order valence-corrected chi connectivity index (χ3v) is 4.66. The summed E-state index contributed by atoms with van der Waals surface area (Å²) in [5, 5.41) is 10.8. The minimum Gasteiger partial charge on any atom is -0.392 e. The summed E-state index contributed by atoms with van der Waals surface area (Å²) in [5.74, 6) is 0.410. The molecule has 1 aromatic carbocycles. The van der Waals surface area contributed by atoms with E-state index in [-0.39, 0.29) is 6.61 Å². The lowest BCUT2D eigenvalue weighted by Gasteiger charge is -2.41. The van der Waals surface area contributed by atoms with Crippen LogP contribution in [0.1, 0.15) is 17.0 Å². The Hall–Kier alpha value is -1.58. The van der Waals surface area contributed by atoms with Crippen LogP contribution >= 0.6 is 0 Å². The molecule has 0 radical (unpaired) electrons. The van der Waals surface area contributed by atoms with Gasteiger partial charge in [-0.1, -0.05) is 18.2 Å². The minimum absolute atomic E-state index is 0.170. The summed E-state index contributed by atoms with van der Waals surface area (Å²) in [4.78, 5) is 5.76. The average molecular weight is 254 g/mol. The molecule has 2 N–H and O–H groups in total. The monoisotopic (exact) mass is 254 g/mol. The molecular weight excluding hydrogens is 236 g/mol. The number of hydrogen-bond donors (Lipinski definition) is 2. The molecule has 0 amide bonds. The maximum absolute atomic E-state index is 9.45. The number of H-pyrrole nitrogens is 1. The fourth-order valence-electron chi connectivity index (χ4n) is 3.76. The number of benzene rings is 1. The van der Waals surface area contributed by atoms with Gasteiger partial charge in [0.15, 0.2) is 0 Å². The van der Waals surface area contributed by atoms with Crippen molar-refractivity contribution in [3.8, 4) is 0 Å². The van der Waals surface area contributed by atoms with Gasteiger partial charge in [-0.3, -0.25) is 4.90 Å². The lowest BCUT2D eigenvalue weighted by atomic mass is 9.77. The normalized spacial score (nSPS) is 26.3. The fourth-order valence-corrected chi connectivity index (χ4v) is 3.76. The highest BCUT2D eigenvalue weighted by molar-refractivity contribution is 5.88. The summed E-state index contributed by atoms with van der Waals surface area (Å²) in [6.07, 6.45) is 5.53. The number of aliphatic hydroxyl groups is 1. The number of nitrogens with one attached hydrogen (secondary N) is 1. The predicted molar refractivity (Wildman–Crippen MR) is 76.3 cm³/mol. The van der Waals surface area contributed by atoms with Crippen LogP contribution in [0.5, 0.6) is 0 Å². The van der Waals surface area contributed by atoms with Crippen molar-refractivity contribution in [1.82, 2.24) is 9.88 Å². The molecule has 1 aromatic heterocycles. The number of aromatic nitrogens is 1. The van der Waals surface area contributed by atoms with Crippen LogP contribution in [-0.2, 0) is 6.42 Å². The third-order valence-electron chi connectivity index (χ3n) is 4.66. The van der Waals surface area contributed by atoms with E-state index in [4.69, 9.17) is 0 Å². The van der Waals surface area contributed by atoms with Crippen molar-refractivity contribution in [2.24, 2.45) is 0 Å². The topological polar surface area (TPSA) is 39.3 Å². The van der Waals surface area contributed by atoms with Crippen LogP contribution in [0.4, 0.5) is 0 Å². The van der Waals surface area contributed by atoms with Crippen molar-refractivity contribution >= 4 is 10.9 Å². The summed E-state index contributed by atoms with van der Waals surface area (Å²) in [5.41, 5.74) is 5.21. The Kier molecular flexibility index (Phi) is 2.34. The molecule has 1 aliphatic heterocycles. The van der Waals surface area contributed by atoms with Gasteiger partial charge < -0.3 is 10.1 Å². The van der Waals surface area contributed by atoms with Gasteiger partial charge in [-0.05, 0) is 36.2 Å². The Balaban J connectivity index is 1.95. The quantitative estimate of drug-likeness (QED) is 0.764. The van der Waals surface area contributed by atoms with Crippen molar-refractivity contribution in [3.05, 3.63) is 47.2 Å². The number of aromatic amines is 1. The maximum Gasteiger partial charge on any atom is 0.0654 e. The maximum atomic E-state index is 9.45. The van der Waals surface area contributed by atoms with Crippen molar-refractivity contribution in [2.45, 2.75) is 18.4 Å². The van der Waals surface area contributed by atoms with Gasteiger partial charge in [0, 0.05) is 35.6 Å². The molecule has 4 rings (SSSR count). The summed E-state index contributed by atoms with van der Waals surface area (Å²) >= 11 is 0. The lowest BCUT2D eigenvalue weighted by Crippen LogP contribution is -2.44. The van der Waals surface area contributed by atoms with Gasteiger partial charge in [0.05, 0.1) is 6.61 Å². The SMILES string of the molecule is CN1CC(CO)=CC2c3cccc4[nH]cc(c34)CC21. The molecule has 0 bridgehead atoms. The van der Waals surface area contributed by atoms with E-state index in [1.807, 2.05) is 0 Å². The molecule has 2 heterocycles. The summed E-state index contributed by atoms with van der Waals surface area (Å²) < 4.78 is 0. The zero-order chi connectivity index (χ0) is 13.0. The molecular formula is C16H18N2O. The number of fused-ring (bicyclic) bond motifs is 2. The van der Waals surface area contributed by atoms with Gasteiger partial charge in [0.25, 0.3) is 0 Å². The third kappa shape index (κ3) is 1.52. The van der Waals surface area contributed by atoms with Gasteiger partial charge in [0.2, 0.25) is 0 Å². The highest BCUT2D eigenvalue weighted by Crippen LogP contribution is 2.41. The summed E-state index contributed by atoms with van der Waals surface area (Å²) in [6.45, 7) is 1.05. The first-order chi connectivity index (χ1) is 9.28. The Morgan fingerprint density at radius 1 is 1.42 bits per heavy atom. The number of hydrogen-bond acceptors (Lipinski definition) is 2. The van der Waals surface area contributed by atoms with Crippen LogP contribution in [0.3, 0.4) is 0 Å². The van der Waals surface area contributed by atoms with Crippen LogP contribution in [0.15, 0.2) is 36.0 Å². The second-order valence-corrected chi connectivity index (χ2v) is 5.78. The molecule has 0 saturated carbocycles. The highest BCUT2D eigenvalue weighted by Gasteiger charge is 2.35. The van der Waals surface area contributed by atoms with Crippen LogP contribution in [0, 0.1) is 0 Å². The Morgan fingerprint density at radius 2 is 2.32 bits per heavy atom. The molecule has 2 atom stereocenters. The predicted octanol–water partition coefficient (Wildman–Crippen LogP) is 2.04. The number of likely N-dealkylation sites (N-methyl/N-ethyl adjacent to an activating group) is 1. The zero-order valence-corrected chi connectivity index (χ0v) is 11.1. The van der Waals surface area contributed by atoms with Gasteiger partial charge in [-0.15, -0.1) is 0 Å². The fraction of sp³-hybridized carbons (Fsp3) is 0.375. The standard InChI is InChI=1S/C16H18N2O/c1-18-8-10(9-19)5-13-12-3-2-4-14-16(12)11(7-17-14)6-15(13)18/h2-5,7,13,15,17,19H,6,8-9H2,1H3. The molecule has 0 saturated heterocycles. The average Bonchev–Trinajstić information content (AvgIpc) is 2.85. The number of aliphatic hydroxyl groups excluding tert-OH is 1. The number of rotatable bonds is 1. The molecule has 2 aliphatic rings. The summed E-state index contributed by atoms with van der Waals surface area (Å²) in [7, 11) is 2.16. The van der Waals surface area contributed by atoms with Crippen molar-refractivity contribution in [1.29, 1.82) is 0 Å². The first-order valence-electron chi connectivity index (χ1n) is 6.87. The minimum atomic E-state index is 0.170. The van der Waals surface area contributed by atoms with E-state index in [0.717, 1.165) is 18.5 Å². The van der Waals surface area contributed by atoms with E-state index in [1.54, 1.807) is 0 Å². The molecule has 3 heteroatoms. The smallest absolute Gasteiger partial charge is 0.0654 e. The molecule has 2 unspecified atom stereocenters.